The lowest BCUT2D eigenvalue weighted by molar-refractivity contribution is 0.0897. The van der Waals surface area contributed by atoms with E-state index in [9.17, 15) is 4.79 Å². The third-order valence-corrected chi connectivity index (χ3v) is 6.11. The molecule has 0 radical (unpaired) electrons. The van der Waals surface area contributed by atoms with Crippen LogP contribution in [0.3, 0.4) is 0 Å². The van der Waals surface area contributed by atoms with Crippen LogP contribution in [0.4, 0.5) is 0 Å². The summed E-state index contributed by atoms with van der Waals surface area (Å²) in [6.07, 6.45) is 14.3. The number of ketones is 1. The van der Waals surface area contributed by atoms with Crippen molar-refractivity contribution < 1.29 is 4.79 Å². The highest BCUT2D eigenvalue weighted by atomic mass is 16.1. The Morgan fingerprint density at radius 2 is 1.68 bits per heavy atom. The summed E-state index contributed by atoms with van der Waals surface area (Å²) in [5.74, 6) is 0.995. The molecule has 126 valence electrons. The number of rotatable bonds is 1. The predicted octanol–water partition coefficient (Wildman–Crippen LogP) is 5.69. The zero-order valence-electron chi connectivity index (χ0n) is 14.7. The van der Waals surface area contributed by atoms with Gasteiger partial charge in [-0.05, 0) is 44.4 Å². The molecule has 0 N–H and O–H groups in total. The third kappa shape index (κ3) is 2.13. The second-order valence-corrected chi connectivity index (χ2v) is 7.63. The second kappa shape index (κ2) is 5.59. The van der Waals surface area contributed by atoms with Crippen molar-refractivity contribution in [3.8, 4) is 5.69 Å². The standard InChI is InChI=1S/C23H23NO/c1-15-11-13-16(14-12-15)24-20-10-4-2-3-9-19(20)21-22(24)17-7-5-6-8-18(17)23(21)25/h3-4,9-14,17-18H,2,5-8H2,1H3/t17-,18+/m0/s1. The minimum Gasteiger partial charge on any atom is -0.313 e. The summed E-state index contributed by atoms with van der Waals surface area (Å²) in [6, 6.07) is 8.72. The van der Waals surface area contributed by atoms with E-state index in [4.69, 9.17) is 0 Å². The van der Waals surface area contributed by atoms with Crippen LogP contribution >= 0.6 is 0 Å². The highest BCUT2D eigenvalue weighted by Crippen LogP contribution is 2.50. The van der Waals surface area contributed by atoms with E-state index in [0.29, 0.717) is 11.7 Å². The largest absolute Gasteiger partial charge is 0.313 e. The Hall–Kier alpha value is -2.35. The monoisotopic (exact) mass is 329 g/mol. The Bertz CT molecular complexity index is 911. The molecule has 25 heavy (non-hydrogen) atoms. The number of hydrogen-bond donors (Lipinski definition) is 0. The molecule has 2 nitrogen and oxygen atoms in total. The van der Waals surface area contributed by atoms with E-state index in [-0.39, 0.29) is 5.92 Å². The van der Waals surface area contributed by atoms with E-state index in [1.54, 1.807) is 0 Å². The van der Waals surface area contributed by atoms with Crippen molar-refractivity contribution in [2.24, 2.45) is 5.92 Å². The van der Waals surface area contributed by atoms with Crippen molar-refractivity contribution in [3.63, 3.8) is 0 Å². The molecule has 1 aromatic carbocycles. The summed E-state index contributed by atoms with van der Waals surface area (Å²) in [5, 5.41) is 0. The van der Waals surface area contributed by atoms with E-state index in [1.165, 1.54) is 35.5 Å². The molecule has 0 bridgehead atoms. The minimum absolute atomic E-state index is 0.210. The second-order valence-electron chi connectivity index (χ2n) is 7.63. The molecule has 0 spiro atoms. The van der Waals surface area contributed by atoms with Gasteiger partial charge in [0.15, 0.2) is 5.78 Å². The zero-order valence-corrected chi connectivity index (χ0v) is 14.7. The maximum atomic E-state index is 13.2. The van der Waals surface area contributed by atoms with Crippen LogP contribution in [0.1, 0.15) is 70.9 Å². The van der Waals surface area contributed by atoms with E-state index in [0.717, 1.165) is 30.4 Å². The first-order valence-corrected chi connectivity index (χ1v) is 9.48. The molecule has 2 aromatic rings. The van der Waals surface area contributed by atoms with Crippen LogP contribution in [-0.2, 0) is 0 Å². The van der Waals surface area contributed by atoms with Gasteiger partial charge in [0.05, 0.1) is 5.69 Å². The maximum absolute atomic E-state index is 13.2. The van der Waals surface area contributed by atoms with Crippen molar-refractivity contribution in [3.05, 3.63) is 64.5 Å². The van der Waals surface area contributed by atoms with E-state index >= 15 is 0 Å². The number of hydrogen-bond acceptors (Lipinski definition) is 1. The first-order valence-electron chi connectivity index (χ1n) is 9.48. The van der Waals surface area contributed by atoms with Gasteiger partial charge in [-0.1, -0.05) is 48.8 Å². The molecule has 2 heteroatoms. The summed E-state index contributed by atoms with van der Waals surface area (Å²) in [6.45, 7) is 2.12. The van der Waals surface area contributed by atoms with Crippen molar-refractivity contribution in [1.29, 1.82) is 0 Å². The first-order chi connectivity index (χ1) is 12.3. The van der Waals surface area contributed by atoms with Gasteiger partial charge in [0.1, 0.15) is 0 Å². The summed E-state index contributed by atoms with van der Waals surface area (Å²) >= 11 is 0. The first kappa shape index (κ1) is 14.9. The molecule has 2 atom stereocenters. The minimum atomic E-state index is 0.210. The van der Waals surface area contributed by atoms with Crippen LogP contribution < -0.4 is 0 Å². The van der Waals surface area contributed by atoms with Gasteiger partial charge in [-0.3, -0.25) is 4.79 Å². The molecule has 0 amide bonds. The van der Waals surface area contributed by atoms with Crippen LogP contribution in [0.5, 0.6) is 0 Å². The van der Waals surface area contributed by atoms with Gasteiger partial charge in [-0.25, -0.2) is 0 Å². The highest BCUT2D eigenvalue weighted by Gasteiger charge is 2.45. The summed E-state index contributed by atoms with van der Waals surface area (Å²) in [5.41, 5.74) is 7.06. The zero-order chi connectivity index (χ0) is 17.0. The number of benzene rings is 1. The Morgan fingerprint density at radius 3 is 2.48 bits per heavy atom. The van der Waals surface area contributed by atoms with Gasteiger partial charge >= 0.3 is 0 Å². The number of aryl methyl sites for hydroxylation is 1. The molecule has 1 heterocycles. The number of fused-ring (bicyclic) bond motifs is 5. The average molecular weight is 329 g/mol. The normalized spacial score (nSPS) is 24.0. The van der Waals surface area contributed by atoms with Gasteiger partial charge in [0, 0.05) is 34.3 Å². The molecule has 1 fully saturated rings. The molecule has 1 aromatic heterocycles. The Morgan fingerprint density at radius 1 is 0.960 bits per heavy atom. The smallest absolute Gasteiger partial charge is 0.169 e. The van der Waals surface area contributed by atoms with Crippen molar-refractivity contribution in [2.75, 3.05) is 0 Å². The van der Waals surface area contributed by atoms with Crippen LogP contribution in [-0.4, -0.2) is 10.4 Å². The predicted molar refractivity (Wildman–Crippen MR) is 102 cm³/mol. The number of carbonyl (C=O) groups excluding carboxylic acids is 1. The molecule has 3 aliphatic carbocycles. The number of allylic oxidation sites excluding steroid dienone is 2. The fourth-order valence-corrected chi connectivity index (χ4v) is 4.94. The average Bonchev–Trinajstić information content (AvgIpc) is 2.97. The van der Waals surface area contributed by atoms with Crippen molar-refractivity contribution in [2.45, 2.75) is 44.9 Å². The molecular weight excluding hydrogens is 306 g/mol. The quantitative estimate of drug-likeness (QED) is 0.659. The lowest BCUT2D eigenvalue weighted by Crippen LogP contribution is -2.20. The van der Waals surface area contributed by atoms with Crippen LogP contribution in [0.25, 0.3) is 17.8 Å². The van der Waals surface area contributed by atoms with E-state index < -0.39 is 0 Å². The molecule has 0 saturated heterocycles. The summed E-state index contributed by atoms with van der Waals surface area (Å²) < 4.78 is 2.38. The summed E-state index contributed by atoms with van der Waals surface area (Å²) in [7, 11) is 0. The number of Topliss-reactive ketones (excluding diaryl/α,β-unsaturated/α-hetero) is 1. The SMILES string of the molecule is Cc1ccc(-n2c3c(c4c2[C@H]2CCCC[C@H]2C4=O)C=CCC=C3)cc1. The van der Waals surface area contributed by atoms with Gasteiger partial charge in [0.2, 0.25) is 0 Å². The molecule has 0 unspecified atom stereocenters. The van der Waals surface area contributed by atoms with Gasteiger partial charge in [-0.15, -0.1) is 0 Å². The van der Waals surface area contributed by atoms with Crippen molar-refractivity contribution >= 4 is 17.9 Å². The van der Waals surface area contributed by atoms with Crippen LogP contribution in [0, 0.1) is 12.8 Å². The number of nitrogens with zero attached hydrogens (tertiary/aromatic N) is 1. The molecule has 1 saturated carbocycles. The molecule has 5 rings (SSSR count). The van der Waals surface area contributed by atoms with E-state index in [1.807, 2.05) is 0 Å². The van der Waals surface area contributed by atoms with Crippen molar-refractivity contribution in [1.82, 2.24) is 4.57 Å². The van der Waals surface area contributed by atoms with Crippen LogP contribution in [0.15, 0.2) is 36.4 Å². The van der Waals surface area contributed by atoms with Gasteiger partial charge in [-0.2, -0.15) is 0 Å². The fourth-order valence-electron chi connectivity index (χ4n) is 4.94. The Kier molecular flexibility index (Phi) is 3.34. The Labute approximate surface area is 148 Å². The Balaban J connectivity index is 1.81. The summed E-state index contributed by atoms with van der Waals surface area (Å²) in [4.78, 5) is 13.2. The third-order valence-electron chi connectivity index (χ3n) is 6.11. The fraction of sp³-hybridized carbons (Fsp3) is 0.348. The lowest BCUT2D eigenvalue weighted by atomic mass is 9.80. The lowest BCUT2D eigenvalue weighted by Gasteiger charge is -2.26. The number of aromatic nitrogens is 1. The van der Waals surface area contributed by atoms with Crippen LogP contribution in [0.2, 0.25) is 0 Å². The molecule has 0 aliphatic heterocycles. The highest BCUT2D eigenvalue weighted by molar-refractivity contribution is 6.07. The molecule has 3 aliphatic rings. The van der Waals surface area contributed by atoms with E-state index in [2.05, 4.69) is 60.1 Å². The topological polar surface area (TPSA) is 22.0 Å². The number of carbonyl (C=O) groups is 1. The van der Waals surface area contributed by atoms with Gasteiger partial charge in [0.25, 0.3) is 0 Å². The molecular formula is C23H23NO. The van der Waals surface area contributed by atoms with Gasteiger partial charge < -0.3 is 4.57 Å². The maximum Gasteiger partial charge on any atom is 0.169 e.